The van der Waals surface area contributed by atoms with Crippen molar-refractivity contribution in [2.45, 2.75) is 52.9 Å². The molecule has 1 rings (SSSR count). The predicted octanol–water partition coefficient (Wildman–Crippen LogP) is 3.47. The number of ketones is 1. The Morgan fingerprint density at radius 2 is 2.00 bits per heavy atom. The Bertz CT molecular complexity index is 246. The fourth-order valence-corrected chi connectivity index (χ4v) is 1.70. The largest absolute Gasteiger partial charge is 0.490 e. The maximum atomic E-state index is 10.9. The lowest BCUT2D eigenvalue weighted by Gasteiger charge is -2.17. The highest BCUT2D eigenvalue weighted by molar-refractivity contribution is 5.92. The summed E-state index contributed by atoms with van der Waals surface area (Å²) in [5, 5.41) is 0. The number of allylic oxidation sites excluding steroid dienone is 1. The molecular weight excluding hydrogens is 188 g/mol. The van der Waals surface area contributed by atoms with Crippen LogP contribution in [0.2, 0.25) is 0 Å². The van der Waals surface area contributed by atoms with Crippen LogP contribution in [0.1, 0.15) is 52.9 Å². The van der Waals surface area contributed by atoms with Gasteiger partial charge in [-0.1, -0.05) is 33.6 Å². The minimum atomic E-state index is 0.111. The summed E-state index contributed by atoms with van der Waals surface area (Å²) in [6.45, 7) is 7.08. The van der Waals surface area contributed by atoms with Gasteiger partial charge in [-0.2, -0.15) is 0 Å². The van der Waals surface area contributed by atoms with Crippen molar-refractivity contribution in [3.05, 3.63) is 11.8 Å². The van der Waals surface area contributed by atoms with E-state index in [1.165, 1.54) is 19.3 Å². The fraction of sp³-hybridized carbons (Fsp3) is 0.769. The standard InChI is InChI=1S/C13H22O2/c1-13(2,3)8-6-4-5-7-12-9-11(14)10-15-12/h9H,4-8,10H2,1-3H3. The van der Waals surface area contributed by atoms with E-state index < -0.39 is 0 Å². The number of carbonyl (C=O) groups excluding carboxylic acids is 1. The summed E-state index contributed by atoms with van der Waals surface area (Å²) < 4.78 is 5.22. The van der Waals surface area contributed by atoms with E-state index in [2.05, 4.69) is 20.8 Å². The second-order valence-electron chi connectivity index (χ2n) is 5.49. The Kier molecular flexibility index (Phi) is 4.37. The van der Waals surface area contributed by atoms with Crippen LogP contribution in [0.15, 0.2) is 11.8 Å². The first kappa shape index (κ1) is 12.3. The van der Waals surface area contributed by atoms with Gasteiger partial charge in [-0.15, -0.1) is 0 Å². The highest BCUT2D eigenvalue weighted by Crippen LogP contribution is 2.23. The van der Waals surface area contributed by atoms with Gasteiger partial charge in [0.2, 0.25) is 0 Å². The molecule has 0 N–H and O–H groups in total. The van der Waals surface area contributed by atoms with Crippen LogP contribution in [0.4, 0.5) is 0 Å². The van der Waals surface area contributed by atoms with Crippen molar-refractivity contribution < 1.29 is 9.53 Å². The Hall–Kier alpha value is -0.790. The van der Waals surface area contributed by atoms with Crippen molar-refractivity contribution in [2.24, 2.45) is 5.41 Å². The highest BCUT2D eigenvalue weighted by atomic mass is 16.5. The minimum Gasteiger partial charge on any atom is -0.490 e. The van der Waals surface area contributed by atoms with E-state index in [4.69, 9.17) is 4.74 Å². The minimum absolute atomic E-state index is 0.111. The van der Waals surface area contributed by atoms with Crippen LogP contribution in [0, 0.1) is 5.41 Å². The third-order valence-corrected chi connectivity index (χ3v) is 2.57. The van der Waals surface area contributed by atoms with Gasteiger partial charge in [0, 0.05) is 12.5 Å². The molecule has 2 heteroatoms. The third kappa shape index (κ3) is 5.60. The molecule has 1 heterocycles. The molecule has 0 unspecified atom stereocenters. The zero-order valence-corrected chi connectivity index (χ0v) is 10.1. The first-order valence-electron chi connectivity index (χ1n) is 5.83. The SMILES string of the molecule is CC(C)(C)CCCCCC1=CC(=O)CO1. The zero-order valence-electron chi connectivity index (χ0n) is 10.1. The normalized spacial score (nSPS) is 16.5. The van der Waals surface area contributed by atoms with Gasteiger partial charge in [-0.25, -0.2) is 0 Å². The molecule has 15 heavy (non-hydrogen) atoms. The summed E-state index contributed by atoms with van der Waals surface area (Å²) in [6.07, 6.45) is 7.47. The first-order valence-corrected chi connectivity index (χ1v) is 5.83. The molecule has 1 aliphatic heterocycles. The van der Waals surface area contributed by atoms with Crippen LogP contribution in [0.25, 0.3) is 0 Å². The van der Waals surface area contributed by atoms with Gasteiger partial charge in [0.15, 0.2) is 12.4 Å². The molecule has 0 aromatic heterocycles. The predicted molar refractivity (Wildman–Crippen MR) is 61.6 cm³/mol. The van der Waals surface area contributed by atoms with Gasteiger partial charge in [-0.3, -0.25) is 4.79 Å². The van der Waals surface area contributed by atoms with E-state index >= 15 is 0 Å². The van der Waals surface area contributed by atoms with Gasteiger partial charge >= 0.3 is 0 Å². The smallest absolute Gasteiger partial charge is 0.196 e. The average Bonchev–Trinajstić information content (AvgIpc) is 2.49. The summed E-state index contributed by atoms with van der Waals surface area (Å²) in [4.78, 5) is 10.9. The Morgan fingerprint density at radius 3 is 2.53 bits per heavy atom. The van der Waals surface area contributed by atoms with Crippen molar-refractivity contribution >= 4 is 5.78 Å². The molecule has 0 amide bonds. The van der Waals surface area contributed by atoms with E-state index in [1.54, 1.807) is 6.08 Å². The van der Waals surface area contributed by atoms with E-state index in [-0.39, 0.29) is 12.4 Å². The molecule has 0 aromatic rings. The van der Waals surface area contributed by atoms with Crippen LogP contribution in [0.3, 0.4) is 0 Å². The summed E-state index contributed by atoms with van der Waals surface area (Å²) >= 11 is 0. The molecule has 2 nitrogen and oxygen atoms in total. The van der Waals surface area contributed by atoms with Crippen LogP contribution < -0.4 is 0 Å². The summed E-state index contributed by atoms with van der Waals surface area (Å²) in [6, 6.07) is 0. The number of unbranched alkanes of at least 4 members (excludes halogenated alkanes) is 2. The second-order valence-corrected chi connectivity index (χ2v) is 5.49. The summed E-state index contributed by atoms with van der Waals surface area (Å²) in [5.74, 6) is 0.996. The third-order valence-electron chi connectivity index (χ3n) is 2.57. The molecule has 0 atom stereocenters. The Balaban J connectivity index is 2.03. The van der Waals surface area contributed by atoms with Gasteiger partial charge in [0.1, 0.15) is 5.76 Å². The second kappa shape index (κ2) is 5.34. The maximum absolute atomic E-state index is 10.9. The van der Waals surface area contributed by atoms with E-state index in [9.17, 15) is 4.79 Å². The lowest BCUT2D eigenvalue weighted by Crippen LogP contribution is -2.03. The zero-order chi connectivity index (χ0) is 11.3. The molecule has 0 aliphatic carbocycles. The molecular formula is C13H22O2. The maximum Gasteiger partial charge on any atom is 0.196 e. The van der Waals surface area contributed by atoms with Crippen LogP contribution in [-0.2, 0) is 9.53 Å². The molecule has 0 saturated heterocycles. The van der Waals surface area contributed by atoms with Crippen molar-refractivity contribution in [3.8, 4) is 0 Å². The summed E-state index contributed by atoms with van der Waals surface area (Å²) in [5.41, 5.74) is 0.444. The molecule has 86 valence electrons. The van der Waals surface area contributed by atoms with Crippen molar-refractivity contribution in [2.75, 3.05) is 6.61 Å². The molecule has 0 aromatic carbocycles. The molecule has 0 saturated carbocycles. The Morgan fingerprint density at radius 1 is 1.27 bits per heavy atom. The number of hydrogen-bond acceptors (Lipinski definition) is 2. The summed E-state index contributed by atoms with van der Waals surface area (Å²) in [7, 11) is 0. The molecule has 0 fully saturated rings. The fourth-order valence-electron chi connectivity index (χ4n) is 1.70. The van der Waals surface area contributed by atoms with Crippen LogP contribution >= 0.6 is 0 Å². The van der Waals surface area contributed by atoms with Crippen molar-refractivity contribution in [3.63, 3.8) is 0 Å². The number of rotatable bonds is 5. The monoisotopic (exact) mass is 210 g/mol. The van der Waals surface area contributed by atoms with E-state index in [0.717, 1.165) is 18.6 Å². The quantitative estimate of drug-likeness (QED) is 0.649. The number of hydrogen-bond donors (Lipinski definition) is 0. The lowest BCUT2D eigenvalue weighted by molar-refractivity contribution is -0.115. The molecule has 0 spiro atoms. The van der Waals surface area contributed by atoms with E-state index in [1.807, 2.05) is 0 Å². The van der Waals surface area contributed by atoms with Gasteiger partial charge in [0.05, 0.1) is 0 Å². The van der Waals surface area contributed by atoms with Crippen molar-refractivity contribution in [1.29, 1.82) is 0 Å². The first-order chi connectivity index (χ1) is 6.97. The molecule has 0 radical (unpaired) electrons. The van der Waals surface area contributed by atoms with Gasteiger partial charge in [-0.05, 0) is 18.3 Å². The van der Waals surface area contributed by atoms with Gasteiger partial charge in [0.25, 0.3) is 0 Å². The topological polar surface area (TPSA) is 26.3 Å². The van der Waals surface area contributed by atoms with Gasteiger partial charge < -0.3 is 4.74 Å². The number of carbonyl (C=O) groups is 1. The lowest BCUT2D eigenvalue weighted by atomic mass is 9.89. The highest BCUT2D eigenvalue weighted by Gasteiger charge is 2.13. The number of ether oxygens (including phenoxy) is 1. The van der Waals surface area contributed by atoms with Crippen LogP contribution in [0.5, 0.6) is 0 Å². The molecule has 1 aliphatic rings. The molecule has 0 bridgehead atoms. The average molecular weight is 210 g/mol. The van der Waals surface area contributed by atoms with E-state index in [0.29, 0.717) is 5.41 Å². The van der Waals surface area contributed by atoms with Crippen LogP contribution in [-0.4, -0.2) is 12.4 Å². The Labute approximate surface area is 92.7 Å². The van der Waals surface area contributed by atoms with Crippen molar-refractivity contribution in [1.82, 2.24) is 0 Å².